The molecule has 0 aliphatic carbocycles. The van der Waals surface area contributed by atoms with Crippen molar-refractivity contribution >= 4 is 38.9 Å². The number of hydrogen-bond donors (Lipinski definition) is 0. The third-order valence-electron chi connectivity index (χ3n) is 10.3. The fourth-order valence-electron chi connectivity index (χ4n) is 7.73. The zero-order valence-electron chi connectivity index (χ0n) is 29.4. The van der Waals surface area contributed by atoms with Gasteiger partial charge in [0.05, 0.1) is 16.7 Å². The first kappa shape index (κ1) is 31.3. The largest absolute Gasteiger partial charge is 0.310 e. The molecule has 0 spiro atoms. The van der Waals surface area contributed by atoms with Crippen molar-refractivity contribution in [2.45, 2.75) is 13.8 Å². The molecule has 1 heterocycles. The summed E-state index contributed by atoms with van der Waals surface area (Å²) >= 11 is 0. The lowest BCUT2D eigenvalue weighted by molar-refractivity contribution is 1.18. The first-order valence-corrected chi connectivity index (χ1v) is 17.9. The molecule has 2 heteroatoms. The van der Waals surface area contributed by atoms with E-state index in [2.05, 4.69) is 217 Å². The van der Waals surface area contributed by atoms with E-state index in [9.17, 15) is 0 Å². The van der Waals surface area contributed by atoms with Crippen molar-refractivity contribution in [1.29, 1.82) is 0 Å². The summed E-state index contributed by atoms with van der Waals surface area (Å²) in [4.78, 5) is 2.41. The number of benzene rings is 8. The Hall–Kier alpha value is -6.64. The average Bonchev–Trinajstić information content (AvgIpc) is 3.53. The van der Waals surface area contributed by atoms with Crippen LogP contribution in [0.25, 0.3) is 60.9 Å². The third kappa shape index (κ3) is 5.55. The number of nitrogens with zero attached hydrogens (tertiary/aromatic N) is 2. The Kier molecular flexibility index (Phi) is 7.98. The van der Waals surface area contributed by atoms with Gasteiger partial charge in [-0.1, -0.05) is 133 Å². The highest BCUT2D eigenvalue weighted by atomic mass is 15.1. The molecule has 0 amide bonds. The van der Waals surface area contributed by atoms with Crippen LogP contribution in [0.2, 0.25) is 0 Å². The summed E-state index contributed by atoms with van der Waals surface area (Å²) in [5, 5.41) is 2.49. The van der Waals surface area contributed by atoms with Gasteiger partial charge in [0.25, 0.3) is 0 Å². The monoisotopic (exact) mass is 666 g/mol. The van der Waals surface area contributed by atoms with Gasteiger partial charge in [0, 0.05) is 33.4 Å². The molecule has 0 fully saturated rings. The van der Waals surface area contributed by atoms with Crippen molar-refractivity contribution in [3.05, 3.63) is 205 Å². The Morgan fingerprint density at radius 1 is 0.365 bits per heavy atom. The van der Waals surface area contributed by atoms with Gasteiger partial charge in [-0.3, -0.25) is 0 Å². The quantitative estimate of drug-likeness (QED) is 0.164. The van der Waals surface area contributed by atoms with Crippen LogP contribution < -0.4 is 4.90 Å². The molecule has 1 aromatic heterocycles. The van der Waals surface area contributed by atoms with Gasteiger partial charge in [-0.2, -0.15) is 0 Å². The van der Waals surface area contributed by atoms with Crippen LogP contribution in [0.3, 0.4) is 0 Å². The van der Waals surface area contributed by atoms with Crippen LogP contribution >= 0.6 is 0 Å². The van der Waals surface area contributed by atoms with Crippen molar-refractivity contribution in [3.8, 4) is 39.1 Å². The fraction of sp³-hybridized carbons (Fsp3) is 0.0400. The topological polar surface area (TPSA) is 8.17 Å². The van der Waals surface area contributed by atoms with E-state index in [1.807, 2.05) is 0 Å². The van der Waals surface area contributed by atoms with E-state index >= 15 is 0 Å². The van der Waals surface area contributed by atoms with Crippen LogP contribution in [0.1, 0.15) is 11.1 Å². The smallest absolute Gasteiger partial charge is 0.0541 e. The summed E-state index contributed by atoms with van der Waals surface area (Å²) in [5.74, 6) is 0. The van der Waals surface area contributed by atoms with E-state index in [0.29, 0.717) is 0 Å². The maximum absolute atomic E-state index is 2.41. The zero-order valence-corrected chi connectivity index (χ0v) is 29.4. The van der Waals surface area contributed by atoms with E-state index in [4.69, 9.17) is 0 Å². The highest BCUT2D eigenvalue weighted by Gasteiger charge is 2.20. The highest BCUT2D eigenvalue weighted by Crippen LogP contribution is 2.44. The molecule has 248 valence electrons. The van der Waals surface area contributed by atoms with Crippen molar-refractivity contribution < 1.29 is 0 Å². The third-order valence-corrected chi connectivity index (χ3v) is 10.3. The van der Waals surface area contributed by atoms with Gasteiger partial charge in [0.1, 0.15) is 0 Å². The molecule has 0 aliphatic heterocycles. The van der Waals surface area contributed by atoms with Crippen LogP contribution in [0, 0.1) is 13.8 Å². The van der Waals surface area contributed by atoms with Crippen molar-refractivity contribution in [1.82, 2.24) is 4.57 Å². The molecule has 2 nitrogen and oxygen atoms in total. The lowest BCUT2D eigenvalue weighted by Gasteiger charge is -2.29. The first-order chi connectivity index (χ1) is 25.6. The number of hydrogen-bond acceptors (Lipinski definition) is 1. The molecule has 0 N–H and O–H groups in total. The minimum Gasteiger partial charge on any atom is -0.310 e. The van der Waals surface area contributed by atoms with E-state index < -0.39 is 0 Å². The summed E-state index contributed by atoms with van der Waals surface area (Å²) in [6.45, 7) is 4.41. The first-order valence-electron chi connectivity index (χ1n) is 17.9. The van der Waals surface area contributed by atoms with Gasteiger partial charge in [0.2, 0.25) is 0 Å². The van der Waals surface area contributed by atoms with E-state index in [1.165, 1.54) is 66.3 Å². The molecule has 0 unspecified atom stereocenters. The molecular formula is C50H38N2. The number of fused-ring (bicyclic) bond motifs is 3. The second-order valence-corrected chi connectivity index (χ2v) is 13.5. The predicted octanol–water partition coefficient (Wildman–Crippen LogP) is 13.9. The molecule has 52 heavy (non-hydrogen) atoms. The number of aryl methyl sites for hydroxylation is 2. The van der Waals surface area contributed by atoms with E-state index in [0.717, 1.165) is 22.7 Å². The minimum absolute atomic E-state index is 1.11. The zero-order chi connectivity index (χ0) is 35.0. The van der Waals surface area contributed by atoms with Gasteiger partial charge in [-0.05, 0) is 113 Å². The molecule has 0 atom stereocenters. The Morgan fingerprint density at radius 3 is 1.71 bits per heavy atom. The summed E-state index contributed by atoms with van der Waals surface area (Å²) in [6, 6.07) is 70.2. The molecular weight excluding hydrogens is 629 g/mol. The van der Waals surface area contributed by atoms with Crippen LogP contribution in [-0.4, -0.2) is 4.57 Å². The summed E-state index contributed by atoms with van der Waals surface area (Å²) in [7, 11) is 0. The standard InChI is InChI=1S/C50H38N2/c1-35-15-9-10-20-43(35)44-31-30-42(33-36(44)2)51(41-28-25-38(26-29-41)37-16-5-3-6-17-37)48-23-13-11-21-45(48)39-27-32-50-47(34-39)46-22-12-14-24-49(46)52(50)40-18-7-4-8-19-40/h3-34H,1-2H3. The molecule has 0 aliphatic rings. The van der Waals surface area contributed by atoms with Crippen molar-refractivity contribution in [2.75, 3.05) is 4.90 Å². The van der Waals surface area contributed by atoms with Gasteiger partial charge >= 0.3 is 0 Å². The van der Waals surface area contributed by atoms with Crippen LogP contribution in [0.4, 0.5) is 17.1 Å². The maximum atomic E-state index is 2.41. The second kappa shape index (κ2) is 13.2. The lowest BCUT2D eigenvalue weighted by Crippen LogP contribution is -2.11. The molecule has 9 rings (SSSR count). The van der Waals surface area contributed by atoms with Gasteiger partial charge < -0.3 is 9.47 Å². The lowest BCUT2D eigenvalue weighted by atomic mass is 9.95. The molecule has 9 aromatic rings. The number of para-hydroxylation sites is 3. The molecule has 0 bridgehead atoms. The van der Waals surface area contributed by atoms with Gasteiger partial charge in [0.15, 0.2) is 0 Å². The van der Waals surface area contributed by atoms with Crippen LogP contribution in [0.5, 0.6) is 0 Å². The van der Waals surface area contributed by atoms with Crippen LogP contribution in [-0.2, 0) is 0 Å². The van der Waals surface area contributed by atoms with Crippen molar-refractivity contribution in [2.24, 2.45) is 0 Å². The maximum Gasteiger partial charge on any atom is 0.0541 e. The summed E-state index contributed by atoms with van der Waals surface area (Å²) < 4.78 is 2.37. The van der Waals surface area contributed by atoms with Crippen LogP contribution in [0.15, 0.2) is 194 Å². The predicted molar refractivity (Wildman–Crippen MR) is 221 cm³/mol. The van der Waals surface area contributed by atoms with Crippen molar-refractivity contribution in [3.63, 3.8) is 0 Å². The average molecular weight is 667 g/mol. The molecule has 0 saturated carbocycles. The fourth-order valence-corrected chi connectivity index (χ4v) is 7.73. The molecule has 0 saturated heterocycles. The van der Waals surface area contributed by atoms with E-state index in [-0.39, 0.29) is 0 Å². The Labute approximate surface area is 305 Å². The summed E-state index contributed by atoms with van der Waals surface area (Å²) in [5.41, 5.74) is 16.7. The number of aromatic nitrogens is 1. The molecule has 0 radical (unpaired) electrons. The van der Waals surface area contributed by atoms with E-state index in [1.54, 1.807) is 0 Å². The Balaban J connectivity index is 1.22. The highest BCUT2D eigenvalue weighted by molar-refractivity contribution is 6.11. The van der Waals surface area contributed by atoms with Gasteiger partial charge in [-0.25, -0.2) is 0 Å². The Bertz CT molecular complexity index is 2690. The second-order valence-electron chi connectivity index (χ2n) is 13.5. The minimum atomic E-state index is 1.11. The normalized spacial score (nSPS) is 11.3. The number of anilines is 3. The summed E-state index contributed by atoms with van der Waals surface area (Å²) in [6.07, 6.45) is 0. The van der Waals surface area contributed by atoms with Gasteiger partial charge in [-0.15, -0.1) is 0 Å². The SMILES string of the molecule is Cc1ccccc1-c1ccc(N(c2ccc(-c3ccccc3)cc2)c2ccccc2-c2ccc3c(c2)c2ccccc2n3-c2ccccc2)cc1C. The number of rotatable bonds is 7. The molecule has 8 aromatic carbocycles. The Morgan fingerprint density at radius 2 is 0.942 bits per heavy atom.